The number of hydrogen-bond acceptors (Lipinski definition) is 2. The Balaban J connectivity index is 0.00000312. The van der Waals surface area contributed by atoms with Crippen LogP contribution in [0.1, 0.15) is 39.2 Å². The molecule has 1 fully saturated rings. The van der Waals surface area contributed by atoms with Crippen LogP contribution < -0.4 is 10.6 Å². The van der Waals surface area contributed by atoms with Crippen molar-refractivity contribution in [3.63, 3.8) is 0 Å². The second-order valence-corrected chi connectivity index (χ2v) is 8.41. The molecule has 0 amide bonds. The summed E-state index contributed by atoms with van der Waals surface area (Å²) < 4.78 is 7.15. The number of nitrogens with one attached hydrogen (secondary N) is 2. The second-order valence-electron chi connectivity index (χ2n) is 7.50. The summed E-state index contributed by atoms with van der Waals surface area (Å²) in [5.41, 5.74) is 1.39. The minimum Gasteiger partial charge on any atom is -0.377 e. The first-order valence-corrected chi connectivity index (χ1v) is 9.50. The summed E-state index contributed by atoms with van der Waals surface area (Å²) >= 11 is 3.51. The number of ether oxygens (including phenoxy) is 1. The van der Waals surface area contributed by atoms with Gasteiger partial charge in [-0.1, -0.05) is 48.8 Å². The van der Waals surface area contributed by atoms with Gasteiger partial charge in [-0.25, -0.2) is 0 Å². The van der Waals surface area contributed by atoms with Crippen LogP contribution in [0.5, 0.6) is 0 Å². The first-order valence-electron chi connectivity index (χ1n) is 8.70. The van der Waals surface area contributed by atoms with E-state index in [2.05, 4.69) is 64.5 Å². The van der Waals surface area contributed by atoms with E-state index >= 15 is 0 Å². The maximum Gasteiger partial charge on any atom is 0.191 e. The molecular weight excluding hydrogens is 493 g/mol. The first kappa shape index (κ1) is 22.7. The third-order valence-corrected chi connectivity index (χ3v) is 4.90. The highest BCUT2D eigenvalue weighted by Gasteiger charge is 2.35. The van der Waals surface area contributed by atoms with Gasteiger partial charge in [0.25, 0.3) is 0 Å². The Morgan fingerprint density at radius 3 is 2.72 bits per heavy atom. The zero-order valence-electron chi connectivity index (χ0n) is 15.6. The van der Waals surface area contributed by atoms with E-state index in [0.717, 1.165) is 36.5 Å². The van der Waals surface area contributed by atoms with Gasteiger partial charge in [0.05, 0.1) is 6.10 Å². The molecule has 1 heterocycles. The molecule has 1 aromatic carbocycles. The zero-order chi connectivity index (χ0) is 17.6. The highest BCUT2D eigenvalue weighted by Crippen LogP contribution is 2.33. The zero-order valence-corrected chi connectivity index (χ0v) is 19.6. The molecular formula is C19H31BrIN3O. The Hall–Kier alpha value is -0.340. The average Bonchev–Trinajstić information content (AvgIpc) is 2.54. The fourth-order valence-corrected chi connectivity index (χ4v) is 3.74. The Morgan fingerprint density at radius 2 is 2.08 bits per heavy atom. The van der Waals surface area contributed by atoms with E-state index in [1.54, 1.807) is 0 Å². The summed E-state index contributed by atoms with van der Waals surface area (Å²) in [6.07, 6.45) is 2.64. The highest BCUT2D eigenvalue weighted by molar-refractivity contribution is 14.0. The topological polar surface area (TPSA) is 45.7 Å². The summed E-state index contributed by atoms with van der Waals surface area (Å²) in [6.45, 7) is 9.31. The van der Waals surface area contributed by atoms with Crippen molar-refractivity contribution in [1.82, 2.24) is 10.6 Å². The van der Waals surface area contributed by atoms with E-state index in [-0.39, 0.29) is 29.4 Å². The Labute approximate surface area is 177 Å². The Morgan fingerprint density at radius 1 is 1.32 bits per heavy atom. The summed E-state index contributed by atoms with van der Waals surface area (Å²) in [7, 11) is 1.81. The SMILES string of the molecule is CN=C(NCc1cccc(Br)c1)NCC1CCCOC1C(C)(C)C.I. The summed E-state index contributed by atoms with van der Waals surface area (Å²) in [4.78, 5) is 4.34. The van der Waals surface area contributed by atoms with E-state index in [0.29, 0.717) is 12.0 Å². The number of nitrogens with zero attached hydrogens (tertiary/aromatic N) is 1. The number of halogens is 2. The molecule has 1 aliphatic heterocycles. The van der Waals surface area contributed by atoms with Gasteiger partial charge in [-0.2, -0.15) is 0 Å². The van der Waals surface area contributed by atoms with Crippen molar-refractivity contribution in [2.45, 2.75) is 46.3 Å². The van der Waals surface area contributed by atoms with Crippen molar-refractivity contribution in [3.05, 3.63) is 34.3 Å². The molecule has 0 radical (unpaired) electrons. The third kappa shape index (κ3) is 7.43. The predicted molar refractivity (Wildman–Crippen MR) is 120 cm³/mol. The van der Waals surface area contributed by atoms with Crippen LogP contribution in [-0.4, -0.2) is 32.3 Å². The lowest BCUT2D eigenvalue weighted by Gasteiger charge is -2.40. The van der Waals surface area contributed by atoms with Gasteiger partial charge in [-0.15, -0.1) is 24.0 Å². The summed E-state index contributed by atoms with van der Waals surface area (Å²) in [5, 5.41) is 6.86. The normalized spacial score (nSPS) is 21.4. The van der Waals surface area contributed by atoms with Crippen LogP contribution in [0.25, 0.3) is 0 Å². The summed E-state index contributed by atoms with van der Waals surface area (Å²) in [6, 6.07) is 8.30. The quantitative estimate of drug-likeness (QED) is 0.345. The number of aliphatic imine (C=N–C) groups is 1. The summed E-state index contributed by atoms with van der Waals surface area (Å²) in [5.74, 6) is 1.36. The molecule has 0 spiro atoms. The average molecular weight is 524 g/mol. The molecule has 0 saturated carbocycles. The molecule has 2 atom stereocenters. The molecule has 1 aromatic rings. The molecule has 2 rings (SSSR count). The second kappa shape index (κ2) is 10.7. The van der Waals surface area contributed by atoms with Crippen molar-refractivity contribution in [1.29, 1.82) is 0 Å². The van der Waals surface area contributed by atoms with Gasteiger partial charge < -0.3 is 15.4 Å². The lowest BCUT2D eigenvalue weighted by atomic mass is 9.78. The molecule has 142 valence electrons. The number of hydrogen-bond donors (Lipinski definition) is 2. The van der Waals surface area contributed by atoms with Gasteiger partial charge >= 0.3 is 0 Å². The fraction of sp³-hybridized carbons (Fsp3) is 0.632. The predicted octanol–water partition coefficient (Wildman–Crippen LogP) is 4.57. The minimum atomic E-state index is 0. The van der Waals surface area contributed by atoms with Gasteiger partial charge in [0, 0.05) is 37.1 Å². The maximum atomic E-state index is 6.06. The standard InChI is InChI=1S/C19H30BrN3O.HI/c1-19(2,3)17-15(8-6-10-24-17)13-23-18(21-4)22-12-14-7-5-9-16(20)11-14;/h5,7,9,11,15,17H,6,8,10,12-13H2,1-4H3,(H2,21,22,23);1H. The molecule has 2 N–H and O–H groups in total. The van der Waals surface area contributed by atoms with Crippen LogP contribution in [0.15, 0.2) is 33.7 Å². The van der Waals surface area contributed by atoms with Gasteiger partial charge in [-0.3, -0.25) is 4.99 Å². The molecule has 1 saturated heterocycles. The molecule has 0 bridgehead atoms. The molecule has 2 unspecified atom stereocenters. The van der Waals surface area contributed by atoms with Crippen molar-refractivity contribution in [2.24, 2.45) is 16.3 Å². The number of guanidine groups is 1. The van der Waals surface area contributed by atoms with E-state index in [9.17, 15) is 0 Å². The Bertz CT molecular complexity index is 560. The lowest BCUT2D eigenvalue weighted by molar-refractivity contribution is -0.0835. The third-order valence-electron chi connectivity index (χ3n) is 4.40. The van der Waals surface area contributed by atoms with Crippen molar-refractivity contribution >= 4 is 45.9 Å². The van der Waals surface area contributed by atoms with Crippen molar-refractivity contribution in [3.8, 4) is 0 Å². The van der Waals surface area contributed by atoms with Crippen molar-refractivity contribution < 1.29 is 4.74 Å². The van der Waals surface area contributed by atoms with Gasteiger partial charge in [0.15, 0.2) is 5.96 Å². The number of benzene rings is 1. The monoisotopic (exact) mass is 523 g/mol. The van der Waals surface area contributed by atoms with E-state index in [1.165, 1.54) is 12.0 Å². The first-order chi connectivity index (χ1) is 11.4. The van der Waals surface area contributed by atoms with E-state index < -0.39 is 0 Å². The molecule has 1 aliphatic rings. The smallest absolute Gasteiger partial charge is 0.191 e. The van der Waals surface area contributed by atoms with Crippen molar-refractivity contribution in [2.75, 3.05) is 20.2 Å². The van der Waals surface area contributed by atoms with E-state index in [4.69, 9.17) is 4.74 Å². The highest BCUT2D eigenvalue weighted by atomic mass is 127. The number of rotatable bonds is 4. The maximum absolute atomic E-state index is 6.06. The molecule has 0 aliphatic carbocycles. The van der Waals surface area contributed by atoms with Gasteiger partial charge in [0.1, 0.15) is 0 Å². The molecule has 6 heteroatoms. The molecule has 0 aromatic heterocycles. The van der Waals surface area contributed by atoms with Crippen LogP contribution in [0, 0.1) is 11.3 Å². The molecule has 25 heavy (non-hydrogen) atoms. The largest absolute Gasteiger partial charge is 0.377 e. The van der Waals surface area contributed by atoms with E-state index in [1.807, 2.05) is 19.2 Å². The van der Waals surface area contributed by atoms with Crippen LogP contribution in [0.4, 0.5) is 0 Å². The van der Waals surface area contributed by atoms with Crippen LogP contribution in [-0.2, 0) is 11.3 Å². The fourth-order valence-electron chi connectivity index (χ4n) is 3.29. The van der Waals surface area contributed by atoms with Gasteiger partial charge in [0.2, 0.25) is 0 Å². The van der Waals surface area contributed by atoms with Gasteiger partial charge in [-0.05, 0) is 36.0 Å². The minimum absolute atomic E-state index is 0. The lowest BCUT2D eigenvalue weighted by Crippen LogP contribution is -2.47. The Kier molecular flexibility index (Phi) is 9.74. The molecule has 4 nitrogen and oxygen atoms in total. The van der Waals surface area contributed by atoms with Crippen LogP contribution in [0.3, 0.4) is 0 Å². The van der Waals surface area contributed by atoms with Crippen LogP contribution >= 0.6 is 39.9 Å². The van der Waals surface area contributed by atoms with Crippen LogP contribution in [0.2, 0.25) is 0 Å².